The van der Waals surface area contributed by atoms with Crippen molar-refractivity contribution in [2.75, 3.05) is 6.54 Å². The van der Waals surface area contributed by atoms with Gasteiger partial charge >= 0.3 is 6.03 Å². The van der Waals surface area contributed by atoms with Gasteiger partial charge in [-0.3, -0.25) is 10.0 Å². The van der Waals surface area contributed by atoms with Crippen molar-refractivity contribution in [1.82, 2.24) is 10.4 Å². The number of carbonyl (C=O) groups is 2. The third-order valence-electron chi connectivity index (χ3n) is 3.32. The first-order chi connectivity index (χ1) is 12.5. The molecule has 0 aliphatic carbocycles. The van der Waals surface area contributed by atoms with Gasteiger partial charge in [0.1, 0.15) is 17.5 Å². The van der Waals surface area contributed by atoms with E-state index in [9.17, 15) is 14.8 Å². The second kappa shape index (κ2) is 9.11. The zero-order valence-electron chi connectivity index (χ0n) is 14.2. The van der Waals surface area contributed by atoms with E-state index >= 15 is 0 Å². The topological polar surface area (TPSA) is 105 Å². The van der Waals surface area contributed by atoms with Crippen LogP contribution in [0.2, 0.25) is 0 Å². The van der Waals surface area contributed by atoms with Gasteiger partial charge in [0.25, 0.3) is 5.91 Å². The fourth-order valence-electron chi connectivity index (χ4n) is 2.00. The summed E-state index contributed by atoms with van der Waals surface area (Å²) < 4.78 is 5.69. The van der Waals surface area contributed by atoms with Gasteiger partial charge < -0.3 is 15.8 Å². The van der Waals surface area contributed by atoms with Crippen molar-refractivity contribution in [3.8, 4) is 23.3 Å². The summed E-state index contributed by atoms with van der Waals surface area (Å²) in [4.78, 5) is 22.9. The highest BCUT2D eigenvalue weighted by atomic mass is 16.5. The zero-order valence-corrected chi connectivity index (χ0v) is 14.2. The normalized spacial score (nSPS) is 10.8. The van der Waals surface area contributed by atoms with Crippen LogP contribution in [-0.4, -0.2) is 34.8 Å². The highest BCUT2D eigenvalue weighted by Crippen LogP contribution is 2.21. The average Bonchev–Trinajstić information content (AvgIpc) is 2.65. The summed E-state index contributed by atoms with van der Waals surface area (Å²) in [5.74, 6) is 6.15. The average molecular weight is 353 g/mol. The molecule has 134 valence electrons. The first-order valence-electron chi connectivity index (χ1n) is 7.84. The van der Waals surface area contributed by atoms with Crippen LogP contribution in [0.4, 0.5) is 4.79 Å². The fourth-order valence-corrected chi connectivity index (χ4v) is 2.00. The molecule has 0 radical (unpaired) electrons. The molecule has 26 heavy (non-hydrogen) atoms. The number of nitrogens with zero attached hydrogens (tertiary/aromatic N) is 1. The smallest absolute Gasteiger partial charge is 0.339 e. The second-order valence-corrected chi connectivity index (χ2v) is 5.31. The molecule has 0 saturated heterocycles. The Kier molecular flexibility index (Phi) is 6.60. The molecule has 0 aliphatic rings. The minimum atomic E-state index is -0.994. The molecule has 2 aromatic carbocycles. The molecule has 7 heteroatoms. The number of hydrogen-bond acceptors (Lipinski definition) is 4. The van der Waals surface area contributed by atoms with Crippen LogP contribution >= 0.6 is 0 Å². The second-order valence-electron chi connectivity index (χ2n) is 5.31. The van der Waals surface area contributed by atoms with Crippen LogP contribution in [0.1, 0.15) is 17.3 Å². The van der Waals surface area contributed by atoms with Crippen LogP contribution < -0.4 is 15.8 Å². The lowest BCUT2D eigenvalue weighted by Gasteiger charge is -2.14. The van der Waals surface area contributed by atoms with Crippen LogP contribution in [-0.2, 0) is 0 Å². The molecule has 3 amide bonds. The SMILES string of the molecule is CC(C#CCNC(=O)c1cccc(Oc2ccccc2)c1)N(O)C(N)=O. The van der Waals surface area contributed by atoms with Crippen LogP contribution in [0, 0.1) is 11.8 Å². The predicted octanol–water partition coefficient (Wildman–Crippen LogP) is 2.37. The van der Waals surface area contributed by atoms with Crippen molar-refractivity contribution in [3.63, 3.8) is 0 Å². The largest absolute Gasteiger partial charge is 0.457 e. The van der Waals surface area contributed by atoms with Gasteiger partial charge in [0.05, 0.1) is 6.54 Å². The molecule has 2 aromatic rings. The Balaban J connectivity index is 1.92. The molecular formula is C19H19N3O4. The molecule has 0 heterocycles. The van der Waals surface area contributed by atoms with Crippen LogP contribution in [0.3, 0.4) is 0 Å². The van der Waals surface area contributed by atoms with E-state index in [1.807, 2.05) is 30.3 Å². The van der Waals surface area contributed by atoms with Crippen molar-refractivity contribution in [2.24, 2.45) is 5.73 Å². The van der Waals surface area contributed by atoms with Crippen molar-refractivity contribution in [1.29, 1.82) is 0 Å². The minimum absolute atomic E-state index is 0.0551. The Morgan fingerprint density at radius 1 is 1.19 bits per heavy atom. The first kappa shape index (κ1) is 18.8. The third kappa shape index (κ3) is 5.54. The van der Waals surface area contributed by atoms with E-state index in [1.54, 1.807) is 24.3 Å². The number of urea groups is 1. The number of ether oxygens (including phenoxy) is 1. The van der Waals surface area contributed by atoms with Gasteiger partial charge in [-0.2, -0.15) is 5.06 Å². The molecule has 0 aromatic heterocycles. The summed E-state index contributed by atoms with van der Waals surface area (Å²) in [5.41, 5.74) is 5.35. The summed E-state index contributed by atoms with van der Waals surface area (Å²) in [6.45, 7) is 1.56. The maximum atomic E-state index is 12.2. The number of carbonyl (C=O) groups excluding carboxylic acids is 2. The summed E-state index contributed by atoms with van der Waals surface area (Å²) in [5, 5.41) is 12.2. The van der Waals surface area contributed by atoms with Crippen LogP contribution in [0.15, 0.2) is 54.6 Å². The molecule has 0 bridgehead atoms. The zero-order chi connectivity index (χ0) is 18.9. The number of hydroxylamine groups is 2. The third-order valence-corrected chi connectivity index (χ3v) is 3.32. The van der Waals surface area contributed by atoms with E-state index in [0.717, 1.165) is 0 Å². The molecule has 1 atom stereocenters. The lowest BCUT2D eigenvalue weighted by molar-refractivity contribution is -0.0536. The van der Waals surface area contributed by atoms with Crippen molar-refractivity contribution in [3.05, 3.63) is 60.2 Å². The molecule has 0 spiro atoms. The highest BCUT2D eigenvalue weighted by Gasteiger charge is 2.11. The molecule has 0 saturated carbocycles. The molecule has 1 unspecified atom stereocenters. The van der Waals surface area contributed by atoms with E-state index in [4.69, 9.17) is 10.5 Å². The Morgan fingerprint density at radius 2 is 1.88 bits per heavy atom. The van der Waals surface area contributed by atoms with Gasteiger partial charge in [0, 0.05) is 5.56 Å². The fraction of sp³-hybridized carbons (Fsp3) is 0.158. The Morgan fingerprint density at radius 3 is 2.58 bits per heavy atom. The number of benzene rings is 2. The van der Waals surface area contributed by atoms with E-state index in [0.29, 0.717) is 22.1 Å². The summed E-state index contributed by atoms with van der Waals surface area (Å²) in [7, 11) is 0. The lowest BCUT2D eigenvalue weighted by atomic mass is 10.2. The monoisotopic (exact) mass is 353 g/mol. The summed E-state index contributed by atoms with van der Waals surface area (Å²) in [6, 6.07) is 14.2. The molecule has 7 nitrogen and oxygen atoms in total. The maximum Gasteiger partial charge on any atom is 0.339 e. The number of rotatable bonds is 5. The predicted molar refractivity (Wildman–Crippen MR) is 95.7 cm³/mol. The number of para-hydroxylation sites is 1. The van der Waals surface area contributed by atoms with Gasteiger partial charge in [0.15, 0.2) is 0 Å². The van der Waals surface area contributed by atoms with Crippen molar-refractivity contribution < 1.29 is 19.5 Å². The maximum absolute atomic E-state index is 12.2. The number of hydrogen-bond donors (Lipinski definition) is 3. The highest BCUT2D eigenvalue weighted by molar-refractivity contribution is 5.94. The first-order valence-corrected chi connectivity index (χ1v) is 7.84. The lowest BCUT2D eigenvalue weighted by Crippen LogP contribution is -2.38. The Hall–Kier alpha value is -3.50. The number of primary amides is 1. The van der Waals surface area contributed by atoms with Crippen molar-refractivity contribution in [2.45, 2.75) is 13.0 Å². The van der Waals surface area contributed by atoms with Gasteiger partial charge in [-0.25, -0.2) is 4.79 Å². The molecule has 2 rings (SSSR count). The number of nitrogens with one attached hydrogen (secondary N) is 1. The van der Waals surface area contributed by atoms with Gasteiger partial charge in [0.2, 0.25) is 0 Å². The van der Waals surface area contributed by atoms with Gasteiger partial charge in [-0.15, -0.1) is 0 Å². The standard InChI is InChI=1S/C19H19N3O4/c1-14(22(25)19(20)24)7-6-12-21-18(23)15-8-5-11-17(13-15)26-16-9-3-2-4-10-16/h2-5,8-11,13-14,25H,12H2,1H3,(H2,20,24)(H,21,23). The number of amides is 3. The molecular weight excluding hydrogens is 334 g/mol. The van der Waals surface area contributed by atoms with Crippen LogP contribution in [0.25, 0.3) is 0 Å². The van der Waals surface area contributed by atoms with Crippen molar-refractivity contribution >= 4 is 11.9 Å². The van der Waals surface area contributed by atoms with E-state index < -0.39 is 12.1 Å². The Labute approximate surface area is 151 Å². The minimum Gasteiger partial charge on any atom is -0.457 e. The quantitative estimate of drug-likeness (QED) is 0.436. The molecule has 4 N–H and O–H groups in total. The molecule has 0 fully saturated rings. The van der Waals surface area contributed by atoms with Crippen LogP contribution in [0.5, 0.6) is 11.5 Å². The molecule has 0 aliphatic heterocycles. The van der Waals surface area contributed by atoms with E-state index in [-0.39, 0.29) is 12.5 Å². The van der Waals surface area contributed by atoms with E-state index in [2.05, 4.69) is 17.2 Å². The number of nitrogens with two attached hydrogens (primary N) is 1. The van der Waals surface area contributed by atoms with E-state index in [1.165, 1.54) is 6.92 Å². The summed E-state index contributed by atoms with van der Waals surface area (Å²) in [6.07, 6.45) is 0. The Bertz CT molecular complexity index is 827. The summed E-state index contributed by atoms with van der Waals surface area (Å²) >= 11 is 0. The van der Waals surface area contributed by atoms with Gasteiger partial charge in [-0.05, 0) is 37.3 Å². The van der Waals surface area contributed by atoms with Gasteiger partial charge in [-0.1, -0.05) is 36.1 Å².